The number of nitrogens with one attached hydrogen (secondary N) is 1. The van der Waals surface area contributed by atoms with Crippen molar-refractivity contribution in [2.24, 2.45) is 0 Å². The van der Waals surface area contributed by atoms with Gasteiger partial charge in [0.05, 0.1) is 10.6 Å². The number of hydrogen-bond donors (Lipinski definition) is 1. The van der Waals surface area contributed by atoms with Crippen LogP contribution < -0.4 is 9.62 Å². The number of ether oxygens (including phenoxy) is 1. The Labute approximate surface area is 200 Å². The third kappa shape index (κ3) is 5.86. The van der Waals surface area contributed by atoms with Gasteiger partial charge in [-0.3, -0.25) is 9.10 Å². The molecular weight excluding hydrogens is 452 g/mol. The van der Waals surface area contributed by atoms with E-state index in [1.54, 1.807) is 12.1 Å². The average molecular weight is 483 g/mol. The van der Waals surface area contributed by atoms with E-state index in [0.717, 1.165) is 36.9 Å². The SMILES string of the molecule is O=C(COC(=O)/C=C/c1ccc(S(=O)(=O)N2CCc3ccccc32)cc1)NC1CCCCCC1. The molecule has 180 valence electrons. The summed E-state index contributed by atoms with van der Waals surface area (Å²) in [5.74, 6) is -0.909. The lowest BCUT2D eigenvalue weighted by molar-refractivity contribution is -0.144. The Morgan fingerprint density at radius 1 is 1.00 bits per heavy atom. The molecular formula is C26H30N2O5S. The van der Waals surface area contributed by atoms with E-state index in [0.29, 0.717) is 18.5 Å². The number of benzene rings is 2. The van der Waals surface area contributed by atoms with E-state index in [9.17, 15) is 18.0 Å². The molecule has 1 N–H and O–H groups in total. The largest absolute Gasteiger partial charge is 0.452 e. The summed E-state index contributed by atoms with van der Waals surface area (Å²) in [7, 11) is -3.66. The van der Waals surface area contributed by atoms with Crippen molar-refractivity contribution in [3.05, 3.63) is 65.7 Å². The van der Waals surface area contributed by atoms with Crippen LogP contribution in [-0.2, 0) is 30.8 Å². The minimum absolute atomic E-state index is 0.160. The van der Waals surface area contributed by atoms with Gasteiger partial charge in [-0.1, -0.05) is 56.0 Å². The Balaban J connectivity index is 1.29. The summed E-state index contributed by atoms with van der Waals surface area (Å²) in [4.78, 5) is 24.2. The first-order valence-corrected chi connectivity index (χ1v) is 13.2. The molecule has 2 aliphatic rings. The highest BCUT2D eigenvalue weighted by atomic mass is 32.2. The zero-order valence-electron chi connectivity index (χ0n) is 19.1. The molecule has 0 aromatic heterocycles. The van der Waals surface area contributed by atoms with Gasteiger partial charge in [0.2, 0.25) is 0 Å². The molecule has 2 aromatic rings. The highest BCUT2D eigenvalue weighted by Gasteiger charge is 2.30. The number of amides is 1. The summed E-state index contributed by atoms with van der Waals surface area (Å²) in [5.41, 5.74) is 2.39. The van der Waals surface area contributed by atoms with Crippen LogP contribution in [0.4, 0.5) is 5.69 Å². The van der Waals surface area contributed by atoms with E-state index < -0.39 is 16.0 Å². The molecule has 0 saturated heterocycles. The molecule has 0 spiro atoms. The van der Waals surface area contributed by atoms with Crippen molar-refractivity contribution < 1.29 is 22.7 Å². The van der Waals surface area contributed by atoms with Gasteiger partial charge in [0.15, 0.2) is 6.61 Å². The lowest BCUT2D eigenvalue weighted by Gasteiger charge is -2.19. The fraction of sp³-hybridized carbons (Fsp3) is 0.385. The van der Waals surface area contributed by atoms with Crippen LogP contribution in [0, 0.1) is 0 Å². The summed E-state index contributed by atoms with van der Waals surface area (Å²) >= 11 is 0. The lowest BCUT2D eigenvalue weighted by Crippen LogP contribution is -2.37. The number of para-hydroxylation sites is 1. The van der Waals surface area contributed by atoms with Gasteiger partial charge in [-0.05, 0) is 54.7 Å². The maximum atomic E-state index is 13.1. The molecule has 0 bridgehead atoms. The zero-order chi connectivity index (χ0) is 24.0. The maximum Gasteiger partial charge on any atom is 0.331 e. The highest BCUT2D eigenvalue weighted by Crippen LogP contribution is 2.32. The Hall–Kier alpha value is -3.13. The second-order valence-corrected chi connectivity index (χ2v) is 10.6. The van der Waals surface area contributed by atoms with E-state index in [2.05, 4.69) is 5.32 Å². The van der Waals surface area contributed by atoms with Gasteiger partial charge in [0.1, 0.15) is 0 Å². The van der Waals surface area contributed by atoms with Crippen LogP contribution >= 0.6 is 0 Å². The fourth-order valence-electron chi connectivity index (χ4n) is 4.48. The van der Waals surface area contributed by atoms with Crippen LogP contribution in [0.3, 0.4) is 0 Å². The van der Waals surface area contributed by atoms with Crippen molar-refractivity contribution in [3.8, 4) is 0 Å². The summed E-state index contributed by atoms with van der Waals surface area (Å²) in [6, 6.07) is 14.0. The number of fused-ring (bicyclic) bond motifs is 1. The Bertz CT molecular complexity index is 1150. The summed E-state index contributed by atoms with van der Waals surface area (Å²) < 4.78 is 32.6. The number of anilines is 1. The monoisotopic (exact) mass is 482 g/mol. The van der Waals surface area contributed by atoms with E-state index in [1.165, 1.54) is 41.4 Å². The number of carbonyl (C=O) groups is 2. The van der Waals surface area contributed by atoms with Gasteiger partial charge >= 0.3 is 5.97 Å². The number of hydrogen-bond acceptors (Lipinski definition) is 5. The van der Waals surface area contributed by atoms with Crippen LogP contribution in [0.5, 0.6) is 0 Å². The van der Waals surface area contributed by atoms with Crippen molar-refractivity contribution in [1.29, 1.82) is 0 Å². The zero-order valence-corrected chi connectivity index (χ0v) is 19.9. The lowest BCUT2D eigenvalue weighted by atomic mass is 10.1. The molecule has 1 aliphatic heterocycles. The first-order valence-electron chi connectivity index (χ1n) is 11.8. The number of rotatable bonds is 7. The Morgan fingerprint density at radius 3 is 2.44 bits per heavy atom. The van der Waals surface area contributed by atoms with Gasteiger partial charge in [-0.25, -0.2) is 13.2 Å². The minimum atomic E-state index is -3.66. The summed E-state index contributed by atoms with van der Waals surface area (Å²) in [6.07, 6.45) is 10.0. The second-order valence-electron chi connectivity index (χ2n) is 8.72. The molecule has 4 rings (SSSR count). The molecule has 1 fully saturated rings. The molecule has 0 atom stereocenters. The van der Waals surface area contributed by atoms with E-state index in [-0.39, 0.29) is 23.5 Å². The van der Waals surface area contributed by atoms with Gasteiger partial charge in [-0.15, -0.1) is 0 Å². The van der Waals surface area contributed by atoms with Gasteiger partial charge in [0.25, 0.3) is 15.9 Å². The molecule has 2 aromatic carbocycles. The normalized spacial score (nSPS) is 16.8. The summed E-state index contributed by atoms with van der Waals surface area (Å²) in [6.45, 7) is 0.109. The highest BCUT2D eigenvalue weighted by molar-refractivity contribution is 7.92. The number of esters is 1. The van der Waals surface area contributed by atoms with Crippen molar-refractivity contribution >= 4 is 33.7 Å². The average Bonchev–Trinajstić information content (AvgIpc) is 3.13. The smallest absolute Gasteiger partial charge is 0.331 e. The predicted octanol–water partition coefficient (Wildman–Crippen LogP) is 3.83. The third-order valence-electron chi connectivity index (χ3n) is 6.29. The van der Waals surface area contributed by atoms with Gasteiger partial charge < -0.3 is 10.1 Å². The Morgan fingerprint density at radius 2 is 1.71 bits per heavy atom. The topological polar surface area (TPSA) is 92.8 Å². The molecule has 34 heavy (non-hydrogen) atoms. The van der Waals surface area contributed by atoms with Crippen LogP contribution in [0.15, 0.2) is 59.5 Å². The minimum Gasteiger partial charge on any atom is -0.452 e. The van der Waals surface area contributed by atoms with Gasteiger partial charge in [0, 0.05) is 18.7 Å². The van der Waals surface area contributed by atoms with Crippen molar-refractivity contribution in [2.75, 3.05) is 17.5 Å². The quantitative estimate of drug-likeness (QED) is 0.368. The second kappa shape index (κ2) is 10.9. The summed E-state index contributed by atoms with van der Waals surface area (Å²) in [5, 5.41) is 2.94. The predicted molar refractivity (Wildman–Crippen MR) is 131 cm³/mol. The van der Waals surface area contributed by atoms with Gasteiger partial charge in [-0.2, -0.15) is 0 Å². The molecule has 0 radical (unpaired) electrons. The van der Waals surface area contributed by atoms with Crippen LogP contribution in [0.25, 0.3) is 6.08 Å². The molecule has 1 aliphatic carbocycles. The molecule has 1 heterocycles. The maximum absolute atomic E-state index is 13.1. The first kappa shape index (κ1) is 24.0. The third-order valence-corrected chi connectivity index (χ3v) is 8.12. The number of nitrogens with zero attached hydrogens (tertiary/aromatic N) is 1. The van der Waals surface area contributed by atoms with Crippen molar-refractivity contribution in [1.82, 2.24) is 5.32 Å². The molecule has 1 saturated carbocycles. The fourth-order valence-corrected chi connectivity index (χ4v) is 5.98. The van der Waals surface area contributed by atoms with E-state index >= 15 is 0 Å². The standard InChI is InChI=1S/C26H30N2O5S/c29-25(27-22-8-3-1-2-4-9-22)19-33-26(30)16-13-20-11-14-23(15-12-20)34(31,32)28-18-17-21-7-5-6-10-24(21)28/h5-7,10-16,22H,1-4,8-9,17-19H2,(H,27,29)/b16-13+. The van der Waals surface area contributed by atoms with Crippen molar-refractivity contribution in [3.63, 3.8) is 0 Å². The van der Waals surface area contributed by atoms with Crippen LogP contribution in [-0.4, -0.2) is 39.5 Å². The molecule has 7 nitrogen and oxygen atoms in total. The van der Waals surface area contributed by atoms with Crippen LogP contribution in [0.2, 0.25) is 0 Å². The first-order chi connectivity index (χ1) is 16.4. The van der Waals surface area contributed by atoms with E-state index in [4.69, 9.17) is 4.74 Å². The molecule has 8 heteroatoms. The van der Waals surface area contributed by atoms with E-state index in [1.807, 2.05) is 24.3 Å². The number of carbonyl (C=O) groups excluding carboxylic acids is 2. The Kier molecular flexibility index (Phi) is 7.67. The molecule has 0 unspecified atom stereocenters. The van der Waals surface area contributed by atoms with Crippen molar-refractivity contribution in [2.45, 2.75) is 55.9 Å². The van der Waals surface area contributed by atoms with Crippen LogP contribution in [0.1, 0.15) is 49.7 Å². The molecule has 1 amide bonds. The number of sulfonamides is 1.